The van der Waals surface area contributed by atoms with Gasteiger partial charge in [-0.25, -0.2) is 4.98 Å². The van der Waals surface area contributed by atoms with Crippen LogP contribution in [0, 0.1) is 0 Å². The Balaban J connectivity index is 1.24. The van der Waals surface area contributed by atoms with Gasteiger partial charge in [0.1, 0.15) is 17.3 Å². The number of ether oxygens (including phenoxy) is 2. The van der Waals surface area contributed by atoms with E-state index in [0.29, 0.717) is 36.6 Å². The van der Waals surface area contributed by atoms with E-state index >= 15 is 0 Å². The average Bonchev–Trinajstić information content (AvgIpc) is 2.92. The number of carbonyl (C=O) groups is 3. The van der Waals surface area contributed by atoms with Gasteiger partial charge < -0.3 is 25.2 Å². The predicted octanol–water partition coefficient (Wildman–Crippen LogP) is 3.44. The number of benzene rings is 1. The number of carboxylic acid groups (broad SMARTS) is 1. The van der Waals surface area contributed by atoms with Crippen LogP contribution in [0.5, 0.6) is 5.75 Å². The number of anilines is 1. The number of aryl methyl sites for hydroxylation is 1. The maximum absolute atomic E-state index is 13.0. The quantitative estimate of drug-likeness (QED) is 0.395. The Morgan fingerprint density at radius 3 is 2.95 bits per heavy atom. The molecule has 11 heteroatoms. The number of carboxylic acids is 1. The first-order valence-electron chi connectivity index (χ1n) is 12.4. The van der Waals surface area contributed by atoms with Gasteiger partial charge in [-0.05, 0) is 55.5 Å². The Morgan fingerprint density at radius 1 is 1.26 bits per heavy atom. The highest BCUT2D eigenvalue weighted by molar-refractivity contribution is 8.00. The van der Waals surface area contributed by atoms with E-state index < -0.39 is 24.0 Å². The van der Waals surface area contributed by atoms with Crippen LogP contribution in [0.2, 0.25) is 0 Å². The first-order valence-corrected chi connectivity index (χ1v) is 13.4. The summed E-state index contributed by atoms with van der Waals surface area (Å²) in [5, 5.41) is 16.1. The van der Waals surface area contributed by atoms with E-state index in [4.69, 9.17) is 9.47 Å². The topological polar surface area (TPSA) is 140 Å². The van der Waals surface area contributed by atoms with Gasteiger partial charge >= 0.3 is 5.97 Å². The third kappa shape index (κ3) is 5.89. The number of pyridine rings is 2. The molecular formula is C27H28N4O6S. The van der Waals surface area contributed by atoms with E-state index in [1.54, 1.807) is 25.4 Å². The fourth-order valence-corrected chi connectivity index (χ4v) is 5.63. The van der Waals surface area contributed by atoms with Crippen molar-refractivity contribution >= 4 is 46.3 Å². The highest BCUT2D eigenvalue weighted by Gasteiger charge is 2.34. The molecular weight excluding hydrogens is 508 g/mol. The van der Waals surface area contributed by atoms with Gasteiger partial charge in [-0.1, -0.05) is 12.1 Å². The smallest absolute Gasteiger partial charge is 0.306 e. The molecule has 5 rings (SSSR count). The number of fused-ring (bicyclic) bond motifs is 2. The second-order valence-electron chi connectivity index (χ2n) is 9.33. The molecule has 38 heavy (non-hydrogen) atoms. The second kappa shape index (κ2) is 11.4. The highest BCUT2D eigenvalue weighted by Crippen LogP contribution is 2.31. The molecule has 198 valence electrons. The van der Waals surface area contributed by atoms with E-state index in [2.05, 4.69) is 26.7 Å². The molecule has 2 aliphatic rings. The van der Waals surface area contributed by atoms with Gasteiger partial charge in [0.25, 0.3) is 5.91 Å². The van der Waals surface area contributed by atoms with E-state index in [9.17, 15) is 19.5 Å². The number of nitrogens with one attached hydrogen (secondary N) is 2. The van der Waals surface area contributed by atoms with E-state index in [1.165, 1.54) is 11.8 Å². The van der Waals surface area contributed by atoms with E-state index in [0.717, 1.165) is 27.8 Å². The molecule has 0 saturated carbocycles. The number of hydrogen-bond donors (Lipinski definition) is 3. The monoisotopic (exact) mass is 536 g/mol. The lowest BCUT2D eigenvalue weighted by molar-refractivity contribution is -0.145. The number of aromatic nitrogens is 2. The molecule has 2 aromatic heterocycles. The summed E-state index contributed by atoms with van der Waals surface area (Å²) in [5.41, 5.74) is 2.16. The molecule has 2 amide bonds. The molecule has 10 nitrogen and oxygen atoms in total. The van der Waals surface area contributed by atoms with Gasteiger partial charge in [0.2, 0.25) is 5.91 Å². The van der Waals surface area contributed by atoms with Crippen molar-refractivity contribution in [2.24, 2.45) is 0 Å². The number of thioether (sulfide) groups is 1. The van der Waals surface area contributed by atoms with Crippen LogP contribution >= 0.6 is 11.8 Å². The summed E-state index contributed by atoms with van der Waals surface area (Å²) in [4.78, 5) is 45.8. The molecule has 3 N–H and O–H groups in total. The fourth-order valence-electron chi connectivity index (χ4n) is 4.87. The lowest BCUT2D eigenvalue weighted by Crippen LogP contribution is -2.50. The van der Waals surface area contributed by atoms with Crippen LogP contribution in [0.4, 0.5) is 5.82 Å². The summed E-state index contributed by atoms with van der Waals surface area (Å²) in [5.74, 6) is -0.232. The van der Waals surface area contributed by atoms with Crippen molar-refractivity contribution in [2.75, 3.05) is 18.2 Å². The summed E-state index contributed by atoms with van der Waals surface area (Å²) in [6.45, 7) is 0. The Kier molecular flexibility index (Phi) is 7.75. The van der Waals surface area contributed by atoms with Crippen LogP contribution in [0.25, 0.3) is 10.9 Å². The van der Waals surface area contributed by atoms with Crippen molar-refractivity contribution < 1.29 is 29.0 Å². The molecule has 4 heterocycles. The zero-order valence-electron chi connectivity index (χ0n) is 20.8. The zero-order chi connectivity index (χ0) is 26.6. The maximum atomic E-state index is 13.0. The minimum Gasteiger partial charge on any atom is -0.495 e. The van der Waals surface area contributed by atoms with E-state index in [-0.39, 0.29) is 24.1 Å². The van der Waals surface area contributed by atoms with Gasteiger partial charge in [-0.15, -0.1) is 11.8 Å². The molecule has 2 aliphatic heterocycles. The Labute approximate surface area is 223 Å². The van der Waals surface area contributed by atoms with Crippen LogP contribution in [-0.2, 0) is 20.7 Å². The average molecular weight is 537 g/mol. The lowest BCUT2D eigenvalue weighted by Gasteiger charge is -2.36. The molecule has 0 bridgehead atoms. The van der Waals surface area contributed by atoms with Crippen molar-refractivity contribution in [2.45, 2.75) is 55.2 Å². The molecule has 1 aromatic carbocycles. The Morgan fingerprint density at radius 2 is 2.13 bits per heavy atom. The van der Waals surface area contributed by atoms with Crippen LogP contribution in [-0.4, -0.2) is 64.0 Å². The first-order chi connectivity index (χ1) is 18.4. The normalized spacial score (nSPS) is 20.9. The summed E-state index contributed by atoms with van der Waals surface area (Å²) in [6.07, 6.45) is 3.35. The Hall–Kier alpha value is -3.70. The highest BCUT2D eigenvalue weighted by atomic mass is 32.2. The van der Waals surface area contributed by atoms with Crippen molar-refractivity contribution in [3.8, 4) is 5.75 Å². The molecule has 0 unspecified atom stereocenters. The standard InChI is InChI=1S/C27H28N4O6S/c1-36-17-11-18-15(3-2-4-19(18)28-13-17)5-6-16-7-8-20(22(37-16)12-25(33)34)30-27(35)21-9-10-23-26(29-21)31-24(32)14-38-23/h2-4,9-11,13,16,20,22H,5-8,12,14H2,1H3,(H,30,35)(H,33,34)(H,29,31,32)/t16-,20-,22-/m1/s1. The van der Waals surface area contributed by atoms with Gasteiger partial charge in [0.05, 0.1) is 54.1 Å². The third-order valence-corrected chi connectivity index (χ3v) is 7.82. The lowest BCUT2D eigenvalue weighted by atomic mass is 9.92. The van der Waals surface area contributed by atoms with Crippen molar-refractivity contribution in [1.29, 1.82) is 0 Å². The largest absolute Gasteiger partial charge is 0.495 e. The van der Waals surface area contributed by atoms with Crippen LogP contribution < -0.4 is 15.4 Å². The molecule has 1 fully saturated rings. The van der Waals surface area contributed by atoms with Crippen LogP contribution in [0.1, 0.15) is 41.7 Å². The van der Waals surface area contributed by atoms with Crippen molar-refractivity contribution in [3.05, 3.63) is 53.9 Å². The van der Waals surface area contributed by atoms with Crippen LogP contribution in [0.3, 0.4) is 0 Å². The summed E-state index contributed by atoms with van der Waals surface area (Å²) < 4.78 is 11.5. The van der Waals surface area contributed by atoms with E-state index in [1.807, 2.05) is 18.2 Å². The zero-order valence-corrected chi connectivity index (χ0v) is 21.6. The van der Waals surface area contributed by atoms with Gasteiger partial charge in [0, 0.05) is 5.39 Å². The van der Waals surface area contributed by atoms with Crippen LogP contribution in [0.15, 0.2) is 47.5 Å². The molecule has 0 spiro atoms. The second-order valence-corrected chi connectivity index (χ2v) is 10.3. The molecule has 3 aromatic rings. The number of amides is 2. The number of carbonyl (C=O) groups excluding carboxylic acids is 2. The Bertz CT molecular complexity index is 1380. The minimum atomic E-state index is -0.992. The molecule has 0 radical (unpaired) electrons. The first kappa shape index (κ1) is 25.9. The maximum Gasteiger partial charge on any atom is 0.306 e. The van der Waals surface area contributed by atoms with Crippen molar-refractivity contribution in [3.63, 3.8) is 0 Å². The number of hydrogen-bond acceptors (Lipinski definition) is 8. The van der Waals surface area contributed by atoms with Gasteiger partial charge in [-0.3, -0.25) is 19.4 Å². The molecule has 3 atom stereocenters. The van der Waals surface area contributed by atoms with Gasteiger partial charge in [-0.2, -0.15) is 0 Å². The van der Waals surface area contributed by atoms with Gasteiger partial charge in [0.15, 0.2) is 0 Å². The predicted molar refractivity (Wildman–Crippen MR) is 142 cm³/mol. The number of rotatable bonds is 8. The summed E-state index contributed by atoms with van der Waals surface area (Å²) >= 11 is 1.36. The molecule has 1 saturated heterocycles. The number of nitrogens with zero attached hydrogens (tertiary/aromatic N) is 2. The number of aliphatic carboxylic acids is 1. The van der Waals surface area contributed by atoms with Crippen molar-refractivity contribution in [1.82, 2.24) is 15.3 Å². The SMILES string of the molecule is COc1cnc2cccc(CC[C@@H]3CC[C@@H](NC(=O)c4ccc5c(n4)NC(=O)CS5)[C@@H](CC(=O)O)O3)c2c1. The molecule has 0 aliphatic carbocycles. The summed E-state index contributed by atoms with van der Waals surface area (Å²) in [6, 6.07) is 10.8. The minimum absolute atomic E-state index is 0.143. The number of methoxy groups -OCH3 is 1. The fraction of sp³-hybridized carbons (Fsp3) is 0.370. The third-order valence-electron chi connectivity index (χ3n) is 6.78. The summed E-state index contributed by atoms with van der Waals surface area (Å²) in [7, 11) is 1.61.